The molecular formula is C20H20INO4. The SMILES string of the molecule is CC(=O)c1ccc2c(c1)[C@H](NC(=O)c1cccc(I)c1)[C@@H](O)C(C)(C)O2. The maximum absolute atomic E-state index is 12.7. The molecule has 0 radical (unpaired) electrons. The predicted octanol–water partition coefficient (Wildman–Crippen LogP) is 3.50. The Hall–Kier alpha value is -1.93. The second-order valence-electron chi connectivity index (χ2n) is 6.92. The van der Waals surface area contributed by atoms with E-state index >= 15 is 0 Å². The van der Waals surface area contributed by atoms with E-state index in [9.17, 15) is 14.7 Å². The number of halogens is 1. The van der Waals surface area contributed by atoms with Gasteiger partial charge in [-0.15, -0.1) is 0 Å². The standard InChI is InChI=1S/C20H20INO4/c1-11(23)12-7-8-16-15(10-12)17(18(24)20(2,3)26-16)22-19(25)13-5-4-6-14(21)9-13/h4-10,17-18,24H,1-3H3,(H,22,25)/t17-,18+/m0/s1. The van der Waals surface area contributed by atoms with Gasteiger partial charge in [-0.2, -0.15) is 0 Å². The third-order valence-corrected chi connectivity index (χ3v) is 5.20. The summed E-state index contributed by atoms with van der Waals surface area (Å²) in [7, 11) is 0. The summed E-state index contributed by atoms with van der Waals surface area (Å²) in [5, 5.41) is 13.7. The molecule has 0 aliphatic carbocycles. The molecule has 136 valence electrons. The lowest BCUT2D eigenvalue weighted by Gasteiger charge is -2.42. The van der Waals surface area contributed by atoms with Gasteiger partial charge in [-0.25, -0.2) is 0 Å². The molecule has 0 fully saturated rings. The van der Waals surface area contributed by atoms with Gasteiger partial charge in [-0.05, 0) is 79.8 Å². The van der Waals surface area contributed by atoms with Gasteiger partial charge in [0.05, 0.1) is 6.04 Å². The summed E-state index contributed by atoms with van der Waals surface area (Å²) in [4.78, 5) is 24.5. The van der Waals surface area contributed by atoms with E-state index in [1.807, 2.05) is 12.1 Å². The molecule has 1 aliphatic rings. The van der Waals surface area contributed by atoms with Crippen LogP contribution in [0.2, 0.25) is 0 Å². The summed E-state index contributed by atoms with van der Waals surface area (Å²) in [6.45, 7) is 5.01. The van der Waals surface area contributed by atoms with Crippen LogP contribution in [-0.4, -0.2) is 28.5 Å². The molecule has 0 saturated heterocycles. The summed E-state index contributed by atoms with van der Waals surface area (Å²) in [5.41, 5.74) is 0.738. The van der Waals surface area contributed by atoms with Gasteiger partial charge in [0.15, 0.2) is 5.78 Å². The van der Waals surface area contributed by atoms with E-state index in [4.69, 9.17) is 4.74 Å². The smallest absolute Gasteiger partial charge is 0.251 e. The number of ketones is 1. The van der Waals surface area contributed by atoms with Crippen LogP contribution in [0.4, 0.5) is 0 Å². The first-order valence-corrected chi connectivity index (χ1v) is 9.35. The Labute approximate surface area is 165 Å². The Balaban J connectivity index is 2.00. The van der Waals surface area contributed by atoms with Gasteiger partial charge in [0.2, 0.25) is 0 Å². The second kappa shape index (κ2) is 7.00. The molecule has 0 unspecified atom stereocenters. The Morgan fingerprint density at radius 2 is 1.88 bits per heavy atom. The average Bonchev–Trinajstić information content (AvgIpc) is 2.58. The molecule has 1 heterocycles. The van der Waals surface area contributed by atoms with Crippen LogP contribution in [0.1, 0.15) is 53.1 Å². The minimum absolute atomic E-state index is 0.0881. The Bertz CT molecular complexity index is 878. The number of aliphatic hydroxyl groups is 1. The fourth-order valence-electron chi connectivity index (χ4n) is 3.03. The number of carbonyl (C=O) groups excluding carboxylic acids is 2. The molecule has 3 rings (SSSR count). The number of Topliss-reactive ketones (excluding diaryl/α,β-unsaturated/α-hetero) is 1. The van der Waals surface area contributed by atoms with Crippen molar-refractivity contribution in [3.8, 4) is 5.75 Å². The highest BCUT2D eigenvalue weighted by Gasteiger charge is 2.43. The molecule has 0 spiro atoms. The van der Waals surface area contributed by atoms with Gasteiger partial charge in [0.25, 0.3) is 5.91 Å². The quantitative estimate of drug-likeness (QED) is 0.538. The van der Waals surface area contributed by atoms with E-state index in [0.717, 1.165) is 3.57 Å². The third-order valence-electron chi connectivity index (χ3n) is 4.53. The van der Waals surface area contributed by atoms with Crippen molar-refractivity contribution in [1.29, 1.82) is 0 Å². The number of fused-ring (bicyclic) bond motifs is 1. The summed E-state index contributed by atoms with van der Waals surface area (Å²) >= 11 is 2.14. The lowest BCUT2D eigenvalue weighted by Crippen LogP contribution is -2.53. The van der Waals surface area contributed by atoms with Crippen molar-refractivity contribution in [2.75, 3.05) is 0 Å². The number of rotatable bonds is 3. The van der Waals surface area contributed by atoms with E-state index < -0.39 is 17.7 Å². The van der Waals surface area contributed by atoms with Crippen molar-refractivity contribution in [2.24, 2.45) is 0 Å². The van der Waals surface area contributed by atoms with Crippen LogP contribution in [-0.2, 0) is 0 Å². The highest BCUT2D eigenvalue weighted by atomic mass is 127. The summed E-state index contributed by atoms with van der Waals surface area (Å²) in [5.74, 6) is 0.178. The zero-order valence-electron chi connectivity index (χ0n) is 14.7. The highest BCUT2D eigenvalue weighted by Crippen LogP contribution is 2.40. The molecule has 5 nitrogen and oxygen atoms in total. The van der Waals surface area contributed by atoms with Gasteiger partial charge in [-0.1, -0.05) is 6.07 Å². The first-order valence-electron chi connectivity index (χ1n) is 8.27. The maximum atomic E-state index is 12.7. The van der Waals surface area contributed by atoms with Crippen LogP contribution >= 0.6 is 22.6 Å². The molecule has 6 heteroatoms. The van der Waals surface area contributed by atoms with Gasteiger partial charge >= 0.3 is 0 Å². The first kappa shape index (κ1) is 18.8. The summed E-state index contributed by atoms with van der Waals surface area (Å²) < 4.78 is 6.84. The molecule has 2 N–H and O–H groups in total. The first-order chi connectivity index (χ1) is 12.2. The molecule has 26 heavy (non-hydrogen) atoms. The Morgan fingerprint density at radius 3 is 2.54 bits per heavy atom. The topological polar surface area (TPSA) is 75.6 Å². The highest BCUT2D eigenvalue weighted by molar-refractivity contribution is 14.1. The fourth-order valence-corrected chi connectivity index (χ4v) is 3.57. The van der Waals surface area contributed by atoms with Crippen molar-refractivity contribution >= 4 is 34.3 Å². The zero-order valence-corrected chi connectivity index (χ0v) is 16.9. The van der Waals surface area contributed by atoms with Crippen LogP contribution in [0.15, 0.2) is 42.5 Å². The normalized spacial score (nSPS) is 20.7. The largest absolute Gasteiger partial charge is 0.485 e. The number of nitrogens with one attached hydrogen (secondary N) is 1. The molecule has 2 atom stereocenters. The van der Waals surface area contributed by atoms with Crippen molar-refractivity contribution in [2.45, 2.75) is 38.5 Å². The molecule has 2 aromatic rings. The maximum Gasteiger partial charge on any atom is 0.251 e. The number of amides is 1. The van der Waals surface area contributed by atoms with Crippen LogP contribution in [0.5, 0.6) is 5.75 Å². The number of ether oxygens (including phenoxy) is 1. The van der Waals surface area contributed by atoms with Crippen LogP contribution in [0.3, 0.4) is 0 Å². The average molecular weight is 465 g/mol. The van der Waals surface area contributed by atoms with Crippen molar-refractivity contribution in [3.05, 3.63) is 62.7 Å². The van der Waals surface area contributed by atoms with Crippen molar-refractivity contribution in [3.63, 3.8) is 0 Å². The van der Waals surface area contributed by atoms with E-state index in [-0.39, 0.29) is 11.7 Å². The van der Waals surface area contributed by atoms with Crippen LogP contribution in [0, 0.1) is 3.57 Å². The predicted molar refractivity (Wildman–Crippen MR) is 107 cm³/mol. The van der Waals surface area contributed by atoms with Crippen LogP contribution < -0.4 is 10.1 Å². The number of hydrogen-bond acceptors (Lipinski definition) is 4. The van der Waals surface area contributed by atoms with Crippen LogP contribution in [0.25, 0.3) is 0 Å². The monoisotopic (exact) mass is 465 g/mol. The van der Waals surface area contributed by atoms with Crippen molar-refractivity contribution in [1.82, 2.24) is 5.32 Å². The van der Waals surface area contributed by atoms with Gasteiger partial charge in [0, 0.05) is 20.3 Å². The van der Waals surface area contributed by atoms with Gasteiger partial charge in [0.1, 0.15) is 17.5 Å². The minimum atomic E-state index is -0.969. The zero-order chi connectivity index (χ0) is 19.1. The number of carbonyl (C=O) groups is 2. The molecular weight excluding hydrogens is 445 g/mol. The van der Waals surface area contributed by atoms with E-state index in [1.165, 1.54) is 6.92 Å². The molecule has 0 saturated carbocycles. The van der Waals surface area contributed by atoms with E-state index in [0.29, 0.717) is 22.4 Å². The van der Waals surface area contributed by atoms with Gasteiger partial charge in [-0.3, -0.25) is 9.59 Å². The van der Waals surface area contributed by atoms with Gasteiger partial charge < -0.3 is 15.2 Å². The third kappa shape index (κ3) is 3.61. The summed E-state index contributed by atoms with van der Waals surface area (Å²) in [6, 6.07) is 11.6. The Morgan fingerprint density at radius 1 is 1.15 bits per heavy atom. The fraction of sp³-hybridized carbons (Fsp3) is 0.300. The van der Waals surface area contributed by atoms with E-state index in [2.05, 4.69) is 27.9 Å². The molecule has 2 aromatic carbocycles. The molecule has 1 aliphatic heterocycles. The number of aliphatic hydroxyl groups excluding tert-OH is 1. The lowest BCUT2D eigenvalue weighted by molar-refractivity contribution is -0.0627. The number of hydrogen-bond donors (Lipinski definition) is 2. The van der Waals surface area contributed by atoms with E-state index in [1.54, 1.807) is 44.2 Å². The lowest BCUT2D eigenvalue weighted by atomic mass is 9.85. The molecule has 1 amide bonds. The minimum Gasteiger partial charge on any atom is -0.485 e. The van der Waals surface area contributed by atoms with Crippen molar-refractivity contribution < 1.29 is 19.4 Å². The Kier molecular flexibility index (Phi) is 5.07. The summed E-state index contributed by atoms with van der Waals surface area (Å²) in [6.07, 6.45) is -0.969. The second-order valence-corrected chi connectivity index (χ2v) is 8.17. The number of benzene rings is 2. The molecule has 0 aromatic heterocycles. The molecule has 0 bridgehead atoms.